The van der Waals surface area contributed by atoms with Crippen LogP contribution >= 0.6 is 0 Å². The molecule has 2 rings (SSSR count). The van der Waals surface area contributed by atoms with Gasteiger partial charge in [0.25, 0.3) is 0 Å². The van der Waals surface area contributed by atoms with E-state index in [2.05, 4.69) is 5.32 Å². The number of carbonyl (C=O) groups is 2. The first-order valence-corrected chi connectivity index (χ1v) is 8.91. The van der Waals surface area contributed by atoms with E-state index in [9.17, 15) is 9.59 Å². The number of para-hydroxylation sites is 2. The highest BCUT2D eigenvalue weighted by molar-refractivity contribution is 6.03. The van der Waals surface area contributed by atoms with E-state index >= 15 is 0 Å². The molecule has 0 heterocycles. The zero-order valence-corrected chi connectivity index (χ0v) is 16.8. The highest BCUT2D eigenvalue weighted by Gasteiger charge is 2.21. The molecular formula is C21H26N2O5. The van der Waals surface area contributed by atoms with Gasteiger partial charge in [0.2, 0.25) is 11.8 Å². The minimum atomic E-state index is -0.354. The van der Waals surface area contributed by atoms with E-state index in [4.69, 9.17) is 14.2 Å². The molecule has 0 aliphatic carbocycles. The van der Waals surface area contributed by atoms with Gasteiger partial charge in [-0.1, -0.05) is 12.1 Å². The van der Waals surface area contributed by atoms with Crippen LogP contribution in [0.4, 0.5) is 11.4 Å². The number of ether oxygens (including phenoxy) is 3. The molecule has 7 nitrogen and oxygen atoms in total. The van der Waals surface area contributed by atoms with Crippen molar-refractivity contribution >= 4 is 23.2 Å². The van der Waals surface area contributed by atoms with E-state index in [-0.39, 0.29) is 24.5 Å². The van der Waals surface area contributed by atoms with Crippen molar-refractivity contribution in [3.8, 4) is 17.2 Å². The maximum atomic E-state index is 12.6. The largest absolute Gasteiger partial charge is 0.497 e. The van der Waals surface area contributed by atoms with Crippen molar-refractivity contribution in [2.45, 2.75) is 26.9 Å². The Morgan fingerprint density at radius 1 is 1.04 bits per heavy atom. The Morgan fingerprint density at radius 3 is 2.36 bits per heavy atom. The SMILES string of the molecule is COc1ccc(N(CC(=O)Nc2ccccc2OC(C)C)C(C)=O)c(OC)c1. The Morgan fingerprint density at radius 2 is 1.75 bits per heavy atom. The number of methoxy groups -OCH3 is 2. The normalized spacial score (nSPS) is 10.4. The predicted molar refractivity (Wildman–Crippen MR) is 108 cm³/mol. The average molecular weight is 386 g/mol. The fraction of sp³-hybridized carbons (Fsp3) is 0.333. The molecule has 0 fully saturated rings. The zero-order valence-electron chi connectivity index (χ0n) is 16.8. The Balaban J connectivity index is 2.22. The number of amides is 2. The summed E-state index contributed by atoms with van der Waals surface area (Å²) in [6, 6.07) is 12.2. The molecule has 0 aliphatic heterocycles. The fourth-order valence-electron chi connectivity index (χ4n) is 2.63. The first kappa shape index (κ1) is 21.1. The fourth-order valence-corrected chi connectivity index (χ4v) is 2.63. The molecule has 150 valence electrons. The van der Waals surface area contributed by atoms with Crippen LogP contribution in [-0.2, 0) is 9.59 Å². The third-order valence-electron chi connectivity index (χ3n) is 3.88. The molecule has 2 aromatic rings. The second-order valence-electron chi connectivity index (χ2n) is 6.35. The lowest BCUT2D eigenvalue weighted by molar-refractivity contribution is -0.120. The van der Waals surface area contributed by atoms with Crippen LogP contribution in [0.25, 0.3) is 0 Å². The second-order valence-corrected chi connectivity index (χ2v) is 6.35. The molecule has 0 bridgehead atoms. The smallest absolute Gasteiger partial charge is 0.244 e. The lowest BCUT2D eigenvalue weighted by atomic mass is 10.2. The van der Waals surface area contributed by atoms with Crippen LogP contribution in [0.2, 0.25) is 0 Å². The molecule has 0 atom stereocenters. The number of rotatable bonds is 8. The van der Waals surface area contributed by atoms with Crippen molar-refractivity contribution in [3.05, 3.63) is 42.5 Å². The number of benzene rings is 2. The van der Waals surface area contributed by atoms with Gasteiger partial charge in [-0.25, -0.2) is 0 Å². The number of nitrogens with zero attached hydrogens (tertiary/aromatic N) is 1. The molecule has 0 aliphatic rings. The molecule has 2 aromatic carbocycles. The lowest BCUT2D eigenvalue weighted by Crippen LogP contribution is -2.37. The van der Waals surface area contributed by atoms with Gasteiger partial charge in [0, 0.05) is 13.0 Å². The molecule has 7 heteroatoms. The van der Waals surface area contributed by atoms with E-state index < -0.39 is 0 Å². The summed E-state index contributed by atoms with van der Waals surface area (Å²) in [5, 5.41) is 2.81. The van der Waals surface area contributed by atoms with Gasteiger partial charge >= 0.3 is 0 Å². The standard InChI is InChI=1S/C21H26N2O5/c1-14(2)28-19-9-7-6-8-17(19)22-21(25)13-23(15(3)24)18-11-10-16(26-4)12-20(18)27-5/h6-12,14H,13H2,1-5H3,(H,22,25). The van der Waals surface area contributed by atoms with Gasteiger partial charge in [0.1, 0.15) is 23.8 Å². The quantitative estimate of drug-likeness (QED) is 0.752. The maximum Gasteiger partial charge on any atom is 0.244 e. The van der Waals surface area contributed by atoms with Gasteiger partial charge in [-0.05, 0) is 38.1 Å². The third-order valence-corrected chi connectivity index (χ3v) is 3.88. The van der Waals surface area contributed by atoms with Crippen LogP contribution in [0.15, 0.2) is 42.5 Å². The van der Waals surface area contributed by atoms with Crippen LogP contribution in [0, 0.1) is 0 Å². The van der Waals surface area contributed by atoms with Crippen molar-refractivity contribution in [1.82, 2.24) is 0 Å². The second kappa shape index (κ2) is 9.64. The Labute approximate surface area is 165 Å². The molecule has 0 spiro atoms. The minimum Gasteiger partial charge on any atom is -0.497 e. The number of anilines is 2. The first-order valence-electron chi connectivity index (χ1n) is 8.91. The van der Waals surface area contributed by atoms with Gasteiger partial charge in [-0.15, -0.1) is 0 Å². The first-order chi connectivity index (χ1) is 13.3. The summed E-state index contributed by atoms with van der Waals surface area (Å²) in [4.78, 5) is 26.2. The number of hydrogen-bond acceptors (Lipinski definition) is 5. The van der Waals surface area contributed by atoms with Gasteiger partial charge < -0.3 is 19.5 Å². The molecule has 0 saturated carbocycles. The topological polar surface area (TPSA) is 77.1 Å². The highest BCUT2D eigenvalue weighted by atomic mass is 16.5. The summed E-state index contributed by atoms with van der Waals surface area (Å²) in [7, 11) is 3.04. The van der Waals surface area contributed by atoms with Gasteiger partial charge in [-0.3, -0.25) is 14.5 Å². The van der Waals surface area contributed by atoms with E-state index in [1.165, 1.54) is 18.9 Å². The van der Waals surface area contributed by atoms with Gasteiger partial charge in [0.15, 0.2) is 0 Å². The minimum absolute atomic E-state index is 0.0321. The summed E-state index contributed by atoms with van der Waals surface area (Å²) in [5.41, 5.74) is 1.03. The summed E-state index contributed by atoms with van der Waals surface area (Å²) < 4.78 is 16.3. The molecule has 0 radical (unpaired) electrons. The monoisotopic (exact) mass is 386 g/mol. The molecule has 0 aromatic heterocycles. The third kappa shape index (κ3) is 5.39. The number of carbonyl (C=O) groups excluding carboxylic acids is 2. The van der Waals surface area contributed by atoms with Gasteiger partial charge in [0.05, 0.1) is 31.7 Å². The summed E-state index contributed by atoms with van der Waals surface area (Å²) in [5.74, 6) is 0.958. The van der Waals surface area contributed by atoms with Crippen LogP contribution in [0.5, 0.6) is 17.2 Å². The van der Waals surface area contributed by atoms with Crippen molar-refractivity contribution in [2.24, 2.45) is 0 Å². The highest BCUT2D eigenvalue weighted by Crippen LogP contribution is 2.32. The zero-order chi connectivity index (χ0) is 20.7. The average Bonchev–Trinajstić information content (AvgIpc) is 2.66. The molecule has 28 heavy (non-hydrogen) atoms. The molecular weight excluding hydrogens is 360 g/mol. The van der Waals surface area contributed by atoms with Crippen LogP contribution < -0.4 is 24.4 Å². The number of nitrogens with one attached hydrogen (secondary N) is 1. The van der Waals surface area contributed by atoms with Crippen molar-refractivity contribution in [1.29, 1.82) is 0 Å². The van der Waals surface area contributed by atoms with Crippen LogP contribution in [0.1, 0.15) is 20.8 Å². The van der Waals surface area contributed by atoms with E-state index in [1.807, 2.05) is 19.9 Å². The summed E-state index contributed by atoms with van der Waals surface area (Å²) >= 11 is 0. The molecule has 0 saturated heterocycles. The molecule has 1 N–H and O–H groups in total. The predicted octanol–water partition coefficient (Wildman–Crippen LogP) is 3.48. The van der Waals surface area contributed by atoms with E-state index in [1.54, 1.807) is 43.5 Å². The van der Waals surface area contributed by atoms with E-state index in [0.29, 0.717) is 28.6 Å². The number of hydrogen-bond donors (Lipinski definition) is 1. The van der Waals surface area contributed by atoms with Crippen molar-refractivity contribution in [2.75, 3.05) is 31.0 Å². The lowest BCUT2D eigenvalue weighted by Gasteiger charge is -2.23. The molecule has 2 amide bonds. The Bertz CT molecular complexity index is 835. The molecule has 0 unspecified atom stereocenters. The summed E-state index contributed by atoms with van der Waals surface area (Å²) in [6.45, 7) is 5.04. The Kier molecular flexibility index (Phi) is 7.26. The van der Waals surface area contributed by atoms with Crippen molar-refractivity contribution in [3.63, 3.8) is 0 Å². The van der Waals surface area contributed by atoms with Crippen LogP contribution in [0.3, 0.4) is 0 Å². The van der Waals surface area contributed by atoms with Crippen molar-refractivity contribution < 1.29 is 23.8 Å². The maximum absolute atomic E-state index is 12.6. The van der Waals surface area contributed by atoms with Gasteiger partial charge in [-0.2, -0.15) is 0 Å². The van der Waals surface area contributed by atoms with E-state index in [0.717, 1.165) is 0 Å². The summed E-state index contributed by atoms with van der Waals surface area (Å²) in [6.07, 6.45) is -0.0321. The Hall–Kier alpha value is -3.22. The van der Waals surface area contributed by atoms with Crippen LogP contribution in [-0.4, -0.2) is 38.7 Å².